The Morgan fingerprint density at radius 3 is 2.60 bits per heavy atom. The van der Waals surface area contributed by atoms with Crippen molar-refractivity contribution in [2.45, 2.75) is 38.3 Å². The van der Waals surface area contributed by atoms with Gasteiger partial charge in [0.2, 0.25) is 15.9 Å². The van der Waals surface area contributed by atoms with E-state index in [0.29, 0.717) is 27.7 Å². The number of oxazole rings is 1. The number of hydrogen-bond donors (Lipinski definition) is 1. The van der Waals surface area contributed by atoms with Crippen LogP contribution in [0.3, 0.4) is 0 Å². The average Bonchev–Trinajstić information content (AvgIpc) is 3.29. The maximum atomic E-state index is 13.8. The van der Waals surface area contributed by atoms with Crippen molar-refractivity contribution in [2.24, 2.45) is 0 Å². The number of pyridine rings is 1. The maximum absolute atomic E-state index is 13.8. The molecular formula is C21H21ClN4O3S. The molecule has 1 N–H and O–H groups in total. The first-order valence-electron chi connectivity index (χ1n) is 9.39. The molecule has 0 aliphatic carbocycles. The van der Waals surface area contributed by atoms with Crippen molar-refractivity contribution in [3.05, 3.63) is 76.7 Å². The number of H-pyrrole nitrogens is 1. The van der Waals surface area contributed by atoms with Gasteiger partial charge in [-0.15, -0.1) is 0 Å². The number of benzene rings is 1. The summed E-state index contributed by atoms with van der Waals surface area (Å²) in [5.41, 5.74) is 2.05. The van der Waals surface area contributed by atoms with E-state index in [1.54, 1.807) is 37.4 Å². The summed E-state index contributed by atoms with van der Waals surface area (Å²) in [4.78, 5) is 11.7. The van der Waals surface area contributed by atoms with Gasteiger partial charge in [0.25, 0.3) is 0 Å². The summed E-state index contributed by atoms with van der Waals surface area (Å²) >= 11 is 6.01. The number of nitrogens with zero attached hydrogens (tertiary/aromatic N) is 3. The number of fused-ring (bicyclic) bond motifs is 1. The minimum absolute atomic E-state index is 0.00621. The number of sulfonamides is 1. The highest BCUT2D eigenvalue weighted by molar-refractivity contribution is 7.89. The number of rotatable bonds is 6. The van der Waals surface area contributed by atoms with Gasteiger partial charge in [0.05, 0.1) is 12.2 Å². The zero-order chi connectivity index (χ0) is 21.5. The van der Waals surface area contributed by atoms with Crippen molar-refractivity contribution in [2.75, 3.05) is 0 Å². The molecule has 0 aliphatic rings. The molecule has 0 spiro atoms. The predicted octanol–water partition coefficient (Wildman–Crippen LogP) is 4.77. The number of hydrogen-bond acceptors (Lipinski definition) is 5. The van der Waals surface area contributed by atoms with Crippen LogP contribution < -0.4 is 0 Å². The lowest BCUT2D eigenvalue weighted by Crippen LogP contribution is -2.33. The third-order valence-corrected chi connectivity index (χ3v) is 7.36. The summed E-state index contributed by atoms with van der Waals surface area (Å²) in [5, 5.41) is 1.12. The minimum atomic E-state index is -3.91. The molecule has 3 heterocycles. The van der Waals surface area contributed by atoms with Gasteiger partial charge in [0.15, 0.2) is 0 Å². The number of aromatic nitrogens is 3. The summed E-state index contributed by atoms with van der Waals surface area (Å²) in [6.45, 7) is 5.46. The van der Waals surface area contributed by atoms with Crippen LogP contribution in [0.2, 0.25) is 5.02 Å². The molecule has 7 nitrogen and oxygen atoms in total. The largest absolute Gasteiger partial charge is 0.444 e. The van der Waals surface area contributed by atoms with Gasteiger partial charge >= 0.3 is 0 Å². The molecular weight excluding hydrogens is 424 g/mol. The number of aryl methyl sites for hydroxylation is 2. The molecule has 1 unspecified atom stereocenters. The van der Waals surface area contributed by atoms with E-state index in [1.165, 1.54) is 10.5 Å². The fourth-order valence-electron chi connectivity index (χ4n) is 3.35. The van der Waals surface area contributed by atoms with Crippen LogP contribution in [0.25, 0.3) is 11.0 Å². The van der Waals surface area contributed by atoms with Crippen LogP contribution in [0.5, 0.6) is 0 Å². The molecule has 4 rings (SSSR count). The Labute approximate surface area is 179 Å². The first kappa shape index (κ1) is 20.6. The standard InChI is InChI=1S/C21H21ClN4O3S/c1-13-15(3)29-20(25-13)12-26(14(2)16-6-8-17(22)9-7-16)30(27,28)19-11-24-21-18(19)5-4-10-23-21/h4-11,14H,12H2,1-3H3,(H,23,24). The molecule has 0 saturated carbocycles. The van der Waals surface area contributed by atoms with Crippen molar-refractivity contribution in [1.82, 2.24) is 19.3 Å². The number of halogens is 1. The van der Waals surface area contributed by atoms with E-state index < -0.39 is 16.1 Å². The van der Waals surface area contributed by atoms with E-state index >= 15 is 0 Å². The molecule has 30 heavy (non-hydrogen) atoms. The molecule has 0 fully saturated rings. The molecule has 0 saturated heterocycles. The molecule has 0 radical (unpaired) electrons. The summed E-state index contributed by atoms with van der Waals surface area (Å²) in [6.07, 6.45) is 3.09. The van der Waals surface area contributed by atoms with Crippen LogP contribution in [0.15, 0.2) is 58.1 Å². The van der Waals surface area contributed by atoms with Gasteiger partial charge in [-0.05, 0) is 50.6 Å². The van der Waals surface area contributed by atoms with Gasteiger partial charge in [0.1, 0.15) is 16.3 Å². The quantitative estimate of drug-likeness (QED) is 0.462. The first-order valence-corrected chi connectivity index (χ1v) is 11.2. The number of aromatic amines is 1. The van der Waals surface area contributed by atoms with Gasteiger partial charge in [-0.25, -0.2) is 18.4 Å². The van der Waals surface area contributed by atoms with Crippen LogP contribution in [0, 0.1) is 13.8 Å². The topological polar surface area (TPSA) is 92.1 Å². The summed E-state index contributed by atoms with van der Waals surface area (Å²) in [7, 11) is -3.91. The molecule has 0 aliphatic heterocycles. The Kier molecular flexibility index (Phi) is 5.40. The Morgan fingerprint density at radius 1 is 1.20 bits per heavy atom. The van der Waals surface area contributed by atoms with E-state index in [0.717, 1.165) is 11.3 Å². The van der Waals surface area contributed by atoms with Crippen molar-refractivity contribution in [1.29, 1.82) is 0 Å². The molecule has 9 heteroatoms. The van der Waals surface area contributed by atoms with Gasteiger partial charge in [-0.2, -0.15) is 4.31 Å². The lowest BCUT2D eigenvalue weighted by molar-refractivity contribution is 0.299. The SMILES string of the molecule is Cc1nc(CN(C(C)c2ccc(Cl)cc2)S(=O)(=O)c2c[nH]c3ncccc23)oc1C. The van der Waals surface area contributed by atoms with E-state index in [2.05, 4.69) is 15.0 Å². The van der Waals surface area contributed by atoms with E-state index in [1.807, 2.05) is 26.0 Å². The van der Waals surface area contributed by atoms with Crippen LogP contribution in [-0.2, 0) is 16.6 Å². The Balaban J connectivity index is 1.81. The van der Waals surface area contributed by atoms with E-state index in [4.69, 9.17) is 16.0 Å². The van der Waals surface area contributed by atoms with Gasteiger partial charge in [-0.1, -0.05) is 23.7 Å². The third kappa shape index (κ3) is 3.74. The monoisotopic (exact) mass is 444 g/mol. The van der Waals surface area contributed by atoms with E-state index in [9.17, 15) is 8.42 Å². The molecule has 3 aromatic heterocycles. The van der Waals surface area contributed by atoms with Gasteiger partial charge in [0, 0.05) is 28.8 Å². The molecule has 0 bridgehead atoms. The Hall–Kier alpha value is -2.68. The molecule has 0 amide bonds. The first-order chi connectivity index (χ1) is 14.3. The fraction of sp³-hybridized carbons (Fsp3) is 0.238. The third-order valence-electron chi connectivity index (χ3n) is 5.15. The summed E-state index contributed by atoms with van der Waals surface area (Å²) in [5.74, 6) is 1.00. The summed E-state index contributed by atoms with van der Waals surface area (Å²) in [6, 6.07) is 10.1. The second kappa shape index (κ2) is 7.86. The highest BCUT2D eigenvalue weighted by Gasteiger charge is 2.33. The van der Waals surface area contributed by atoms with Crippen molar-refractivity contribution in [3.63, 3.8) is 0 Å². The van der Waals surface area contributed by atoms with Crippen LogP contribution in [-0.4, -0.2) is 27.7 Å². The molecule has 1 atom stereocenters. The lowest BCUT2D eigenvalue weighted by Gasteiger charge is -2.27. The highest BCUT2D eigenvalue weighted by Crippen LogP contribution is 2.33. The Morgan fingerprint density at radius 2 is 1.93 bits per heavy atom. The maximum Gasteiger partial charge on any atom is 0.246 e. The van der Waals surface area contributed by atoms with Crippen molar-refractivity contribution >= 4 is 32.7 Å². The van der Waals surface area contributed by atoms with Crippen molar-refractivity contribution < 1.29 is 12.8 Å². The lowest BCUT2D eigenvalue weighted by atomic mass is 10.1. The second-order valence-corrected chi connectivity index (χ2v) is 9.37. The van der Waals surface area contributed by atoms with Gasteiger partial charge < -0.3 is 9.40 Å². The zero-order valence-corrected chi connectivity index (χ0v) is 18.3. The highest BCUT2D eigenvalue weighted by atomic mass is 35.5. The Bertz CT molecular complexity index is 1280. The fourth-order valence-corrected chi connectivity index (χ4v) is 5.20. The summed E-state index contributed by atoms with van der Waals surface area (Å²) < 4.78 is 34.6. The smallest absolute Gasteiger partial charge is 0.246 e. The zero-order valence-electron chi connectivity index (χ0n) is 16.8. The second-order valence-electron chi connectivity index (χ2n) is 7.08. The predicted molar refractivity (Wildman–Crippen MR) is 115 cm³/mol. The molecule has 1 aromatic carbocycles. The van der Waals surface area contributed by atoms with Crippen LogP contribution >= 0.6 is 11.6 Å². The average molecular weight is 445 g/mol. The van der Waals surface area contributed by atoms with Crippen LogP contribution in [0.4, 0.5) is 0 Å². The van der Waals surface area contributed by atoms with Gasteiger partial charge in [-0.3, -0.25) is 0 Å². The van der Waals surface area contributed by atoms with Crippen LogP contribution in [0.1, 0.15) is 35.9 Å². The number of nitrogens with one attached hydrogen (secondary N) is 1. The van der Waals surface area contributed by atoms with Crippen molar-refractivity contribution in [3.8, 4) is 0 Å². The molecule has 156 valence electrons. The minimum Gasteiger partial charge on any atom is -0.444 e. The molecule has 4 aromatic rings. The normalized spacial score (nSPS) is 13.2. The van der Waals surface area contributed by atoms with E-state index in [-0.39, 0.29) is 11.4 Å².